The minimum atomic E-state index is 0.870. The van der Waals surface area contributed by atoms with Crippen LogP contribution in [-0.2, 0) is 0 Å². The molecule has 0 aliphatic rings. The maximum Gasteiger partial charge on any atom is 0.118 e. The van der Waals surface area contributed by atoms with Gasteiger partial charge in [0.05, 0.1) is 12.8 Å². The molecule has 0 saturated heterocycles. The first-order valence-electron chi connectivity index (χ1n) is 5.90. The molecule has 0 aliphatic heterocycles. The summed E-state index contributed by atoms with van der Waals surface area (Å²) < 4.78 is 5.11. The first-order chi connectivity index (χ1) is 9.31. The minimum Gasteiger partial charge on any atom is -0.497 e. The number of aromatic amines is 1. The number of hydrogen-bond donors (Lipinski definition) is 1. The summed E-state index contributed by atoms with van der Waals surface area (Å²) in [6.45, 7) is 0. The van der Waals surface area contributed by atoms with Crippen LogP contribution < -0.4 is 4.74 Å². The molecule has 0 amide bonds. The van der Waals surface area contributed by atoms with E-state index in [0.29, 0.717) is 0 Å². The summed E-state index contributed by atoms with van der Waals surface area (Å²) in [5.74, 6) is 0.870. The van der Waals surface area contributed by atoms with Gasteiger partial charge in [-0.05, 0) is 36.1 Å². The van der Waals surface area contributed by atoms with Gasteiger partial charge in [-0.1, -0.05) is 30.4 Å². The molecule has 1 aromatic carbocycles. The zero-order valence-corrected chi connectivity index (χ0v) is 11.8. The van der Waals surface area contributed by atoms with Gasteiger partial charge >= 0.3 is 0 Å². The number of ether oxygens (including phenoxy) is 1. The molecular weight excluding hydrogens is 256 g/mol. The van der Waals surface area contributed by atoms with E-state index in [-0.39, 0.29) is 0 Å². The number of methoxy groups -OCH3 is 1. The highest BCUT2D eigenvalue weighted by atomic mass is 32.2. The molecule has 98 valence electrons. The zero-order valence-electron chi connectivity index (χ0n) is 11.0. The van der Waals surface area contributed by atoms with Crippen molar-refractivity contribution in [3.05, 3.63) is 53.7 Å². The number of H-pyrrole nitrogens is 1. The molecule has 0 atom stereocenters. The fraction of sp³-hybridized carbons (Fsp3) is 0.133. The minimum absolute atomic E-state index is 0.870. The molecule has 19 heavy (non-hydrogen) atoms. The van der Waals surface area contributed by atoms with Crippen molar-refractivity contribution in [2.45, 2.75) is 5.03 Å². The van der Waals surface area contributed by atoms with Crippen LogP contribution >= 0.6 is 11.8 Å². The van der Waals surface area contributed by atoms with Crippen molar-refractivity contribution in [1.82, 2.24) is 10.2 Å². The van der Waals surface area contributed by atoms with E-state index in [4.69, 9.17) is 4.74 Å². The Balaban J connectivity index is 1.94. The number of aromatic nitrogens is 2. The number of benzene rings is 1. The van der Waals surface area contributed by atoms with Gasteiger partial charge in [0.1, 0.15) is 10.8 Å². The molecular formula is C15H16N2OS. The lowest BCUT2D eigenvalue weighted by atomic mass is 10.2. The average molecular weight is 272 g/mol. The molecule has 0 spiro atoms. The fourth-order valence-electron chi connectivity index (χ4n) is 1.55. The summed E-state index contributed by atoms with van der Waals surface area (Å²) >= 11 is 1.62. The first kappa shape index (κ1) is 13.5. The molecule has 3 nitrogen and oxygen atoms in total. The summed E-state index contributed by atoms with van der Waals surface area (Å²) in [5.41, 5.74) is 2.14. The van der Waals surface area contributed by atoms with Crippen LogP contribution in [0.3, 0.4) is 0 Å². The van der Waals surface area contributed by atoms with Gasteiger partial charge in [0.15, 0.2) is 0 Å². The van der Waals surface area contributed by atoms with Crippen LogP contribution in [0.15, 0.2) is 47.5 Å². The molecule has 0 radical (unpaired) electrons. The molecule has 0 bridgehead atoms. The number of rotatable bonds is 5. The fourth-order valence-corrected chi connectivity index (χ4v) is 1.93. The lowest BCUT2D eigenvalue weighted by molar-refractivity contribution is 0.415. The maximum atomic E-state index is 5.11. The zero-order chi connectivity index (χ0) is 13.5. The van der Waals surface area contributed by atoms with E-state index in [1.165, 1.54) is 0 Å². The second-order valence-electron chi connectivity index (χ2n) is 3.86. The SMILES string of the molecule is COc1ccc(/C=C/C=C/c2cc(SC)n[nH]2)cc1. The van der Waals surface area contributed by atoms with E-state index < -0.39 is 0 Å². The largest absolute Gasteiger partial charge is 0.497 e. The second kappa shape index (κ2) is 6.85. The summed E-state index contributed by atoms with van der Waals surface area (Å²) in [6, 6.07) is 9.95. The van der Waals surface area contributed by atoms with Crippen LogP contribution in [-0.4, -0.2) is 23.6 Å². The van der Waals surface area contributed by atoms with Crippen LogP contribution in [0, 0.1) is 0 Å². The van der Waals surface area contributed by atoms with E-state index in [0.717, 1.165) is 22.0 Å². The van der Waals surface area contributed by atoms with Gasteiger partial charge in [-0.25, -0.2) is 0 Å². The van der Waals surface area contributed by atoms with Crippen LogP contribution in [0.5, 0.6) is 5.75 Å². The van der Waals surface area contributed by atoms with E-state index in [1.807, 2.05) is 60.9 Å². The van der Waals surface area contributed by atoms with Crippen molar-refractivity contribution in [3.63, 3.8) is 0 Å². The molecule has 2 aromatic rings. The second-order valence-corrected chi connectivity index (χ2v) is 4.68. The Hall–Kier alpha value is -1.94. The van der Waals surface area contributed by atoms with E-state index >= 15 is 0 Å². The average Bonchev–Trinajstić information content (AvgIpc) is 2.92. The number of allylic oxidation sites excluding steroid dienone is 2. The molecule has 1 heterocycles. The molecule has 1 N–H and O–H groups in total. The summed E-state index contributed by atoms with van der Waals surface area (Å²) in [7, 11) is 1.67. The third-order valence-corrected chi connectivity index (χ3v) is 3.20. The van der Waals surface area contributed by atoms with Crippen LogP contribution in [0.1, 0.15) is 11.3 Å². The van der Waals surface area contributed by atoms with Crippen molar-refractivity contribution < 1.29 is 4.74 Å². The summed E-state index contributed by atoms with van der Waals surface area (Å²) in [4.78, 5) is 0. The number of thioether (sulfide) groups is 1. The molecule has 0 aliphatic carbocycles. The van der Waals surface area contributed by atoms with Crippen molar-refractivity contribution >= 4 is 23.9 Å². The highest BCUT2D eigenvalue weighted by Gasteiger charge is 1.94. The van der Waals surface area contributed by atoms with Gasteiger partial charge in [0.25, 0.3) is 0 Å². The van der Waals surface area contributed by atoms with E-state index in [2.05, 4.69) is 10.2 Å². The van der Waals surface area contributed by atoms with Gasteiger partial charge in [0, 0.05) is 0 Å². The quantitative estimate of drug-likeness (QED) is 0.663. The Kier molecular flexibility index (Phi) is 4.86. The maximum absolute atomic E-state index is 5.11. The molecule has 2 rings (SSSR count). The molecule has 4 heteroatoms. The van der Waals surface area contributed by atoms with E-state index in [9.17, 15) is 0 Å². The van der Waals surface area contributed by atoms with Crippen LogP contribution in [0.2, 0.25) is 0 Å². The molecule has 1 aromatic heterocycles. The Bertz CT molecular complexity index is 570. The smallest absolute Gasteiger partial charge is 0.118 e. The predicted octanol–water partition coefficient (Wildman–Crippen LogP) is 3.87. The van der Waals surface area contributed by atoms with Gasteiger partial charge in [0.2, 0.25) is 0 Å². The number of nitrogens with zero attached hydrogens (tertiary/aromatic N) is 1. The number of nitrogens with one attached hydrogen (secondary N) is 1. The Morgan fingerprint density at radius 2 is 1.89 bits per heavy atom. The first-order valence-corrected chi connectivity index (χ1v) is 7.12. The third-order valence-electron chi connectivity index (χ3n) is 2.57. The van der Waals surface area contributed by atoms with E-state index in [1.54, 1.807) is 18.9 Å². The van der Waals surface area contributed by atoms with Crippen molar-refractivity contribution in [3.8, 4) is 5.75 Å². The summed E-state index contributed by atoms with van der Waals surface area (Å²) in [5, 5.41) is 8.10. The van der Waals surface area contributed by atoms with Crippen LogP contribution in [0.25, 0.3) is 12.2 Å². The van der Waals surface area contributed by atoms with Crippen molar-refractivity contribution in [2.75, 3.05) is 13.4 Å². The monoisotopic (exact) mass is 272 g/mol. The number of hydrogen-bond acceptors (Lipinski definition) is 3. The predicted molar refractivity (Wildman–Crippen MR) is 81.4 cm³/mol. The Labute approximate surface area is 117 Å². The van der Waals surface area contributed by atoms with Crippen molar-refractivity contribution in [2.24, 2.45) is 0 Å². The van der Waals surface area contributed by atoms with Gasteiger partial charge in [-0.2, -0.15) is 5.10 Å². The van der Waals surface area contributed by atoms with Gasteiger partial charge in [-0.15, -0.1) is 11.8 Å². The lowest BCUT2D eigenvalue weighted by Gasteiger charge is -1.98. The highest BCUT2D eigenvalue weighted by Crippen LogP contribution is 2.14. The topological polar surface area (TPSA) is 37.9 Å². The highest BCUT2D eigenvalue weighted by molar-refractivity contribution is 7.98. The van der Waals surface area contributed by atoms with Crippen LogP contribution in [0.4, 0.5) is 0 Å². The normalized spacial score (nSPS) is 11.5. The third kappa shape index (κ3) is 4.03. The Morgan fingerprint density at radius 1 is 1.16 bits per heavy atom. The van der Waals surface area contributed by atoms with Gasteiger partial charge in [-0.3, -0.25) is 5.10 Å². The molecule has 0 saturated carbocycles. The molecule has 0 fully saturated rings. The summed E-state index contributed by atoms with van der Waals surface area (Å²) in [6.07, 6.45) is 10.0. The van der Waals surface area contributed by atoms with Gasteiger partial charge < -0.3 is 4.74 Å². The van der Waals surface area contributed by atoms with Crippen molar-refractivity contribution in [1.29, 1.82) is 0 Å². The standard InChI is InChI=1S/C15H16N2OS/c1-18-14-9-7-12(8-10-14)5-3-4-6-13-11-15(19-2)17-16-13/h3-11H,1-2H3,(H,16,17)/b5-3+,6-4+. The lowest BCUT2D eigenvalue weighted by Crippen LogP contribution is -1.81. The Morgan fingerprint density at radius 3 is 2.53 bits per heavy atom. The molecule has 0 unspecified atom stereocenters.